The van der Waals surface area contributed by atoms with Crippen molar-refractivity contribution in [2.24, 2.45) is 0 Å². The maximum absolute atomic E-state index is 11.3. The highest BCUT2D eigenvalue weighted by molar-refractivity contribution is 6.40. The highest BCUT2D eigenvalue weighted by atomic mass is 16.4. The number of carbonyl (C=O) groups excluding carboxylic acids is 1. The normalized spacial score (nSPS) is 10.4. The number of Topliss-reactive ketones (excluding diaryl/α,β-unsaturated/α-hetero) is 1. The first-order valence-corrected chi connectivity index (χ1v) is 4.81. The van der Waals surface area contributed by atoms with Gasteiger partial charge in [0, 0.05) is 5.56 Å². The van der Waals surface area contributed by atoms with Crippen molar-refractivity contribution in [3.8, 4) is 0 Å². The van der Waals surface area contributed by atoms with Crippen LogP contribution < -0.4 is 0 Å². The number of ketones is 1. The molecule has 0 saturated heterocycles. The number of carboxylic acids is 1. The van der Waals surface area contributed by atoms with Crippen molar-refractivity contribution in [1.82, 2.24) is 0 Å². The molecule has 3 nitrogen and oxygen atoms in total. The third kappa shape index (κ3) is 2.43. The number of carboxylic acid groups (broad SMARTS) is 1. The lowest BCUT2D eigenvalue weighted by atomic mass is 9.96. The van der Waals surface area contributed by atoms with Gasteiger partial charge < -0.3 is 5.11 Å². The highest BCUT2D eigenvalue weighted by Gasteiger charge is 2.17. The van der Waals surface area contributed by atoms with E-state index in [1.807, 2.05) is 19.9 Å². The predicted molar refractivity (Wildman–Crippen MR) is 57.2 cm³/mol. The van der Waals surface area contributed by atoms with Gasteiger partial charge in [-0.3, -0.25) is 4.79 Å². The number of hydrogen-bond acceptors (Lipinski definition) is 2. The first-order chi connectivity index (χ1) is 6.93. The molecule has 0 unspecified atom stereocenters. The first kappa shape index (κ1) is 11.4. The molecule has 1 aromatic carbocycles. The molecule has 0 aliphatic heterocycles. The molecule has 3 heteroatoms. The Morgan fingerprint density at radius 3 is 2.33 bits per heavy atom. The van der Waals surface area contributed by atoms with Crippen LogP contribution in [0.1, 0.15) is 41.3 Å². The van der Waals surface area contributed by atoms with Crippen molar-refractivity contribution in [2.75, 3.05) is 0 Å². The van der Waals surface area contributed by atoms with Crippen molar-refractivity contribution in [2.45, 2.75) is 26.7 Å². The second-order valence-electron chi connectivity index (χ2n) is 3.86. The molecule has 1 rings (SSSR count). The van der Waals surface area contributed by atoms with Crippen LogP contribution in [0.4, 0.5) is 0 Å². The van der Waals surface area contributed by atoms with Crippen molar-refractivity contribution in [3.63, 3.8) is 0 Å². The summed E-state index contributed by atoms with van der Waals surface area (Å²) in [6.07, 6.45) is 0. The fourth-order valence-corrected chi connectivity index (χ4v) is 1.36. The summed E-state index contributed by atoms with van der Waals surface area (Å²) in [5.41, 5.74) is 1.96. The Bertz CT molecular complexity index is 405. The average molecular weight is 206 g/mol. The van der Waals surface area contributed by atoms with E-state index < -0.39 is 11.8 Å². The first-order valence-electron chi connectivity index (χ1n) is 4.81. The molecule has 15 heavy (non-hydrogen) atoms. The van der Waals surface area contributed by atoms with Crippen LogP contribution in [0.25, 0.3) is 0 Å². The molecule has 0 atom stereocenters. The molecule has 1 aromatic rings. The number of benzene rings is 1. The minimum atomic E-state index is -1.40. The van der Waals surface area contributed by atoms with Gasteiger partial charge in [0.2, 0.25) is 0 Å². The molecule has 0 aliphatic rings. The number of carbonyl (C=O) groups is 2. The van der Waals surface area contributed by atoms with E-state index in [-0.39, 0.29) is 11.5 Å². The van der Waals surface area contributed by atoms with Gasteiger partial charge in [0.25, 0.3) is 5.78 Å². The lowest BCUT2D eigenvalue weighted by Gasteiger charge is -2.08. The molecule has 0 aromatic heterocycles. The molecule has 0 aliphatic carbocycles. The minimum absolute atomic E-state index is 0.283. The summed E-state index contributed by atoms with van der Waals surface area (Å²) in [6.45, 7) is 5.74. The standard InChI is InChI=1S/C12H14O3/c1-7(2)9-5-4-8(3)10(6-9)11(13)12(14)15/h4-7H,1-3H3,(H,14,15). The van der Waals surface area contributed by atoms with Gasteiger partial charge in [-0.05, 0) is 30.0 Å². The topological polar surface area (TPSA) is 54.4 Å². The van der Waals surface area contributed by atoms with E-state index in [0.29, 0.717) is 5.56 Å². The summed E-state index contributed by atoms with van der Waals surface area (Å²) in [4.78, 5) is 21.9. The van der Waals surface area contributed by atoms with E-state index in [2.05, 4.69) is 0 Å². The minimum Gasteiger partial charge on any atom is -0.475 e. The number of aryl methyl sites for hydroxylation is 1. The van der Waals surface area contributed by atoms with Crippen LogP contribution in [0.2, 0.25) is 0 Å². The second-order valence-corrected chi connectivity index (χ2v) is 3.86. The molecule has 1 N–H and O–H groups in total. The molecule has 0 amide bonds. The lowest BCUT2D eigenvalue weighted by Crippen LogP contribution is -2.14. The van der Waals surface area contributed by atoms with Gasteiger partial charge in [-0.2, -0.15) is 0 Å². The number of aliphatic carboxylic acids is 1. The zero-order chi connectivity index (χ0) is 11.6. The maximum atomic E-state index is 11.3. The summed E-state index contributed by atoms with van der Waals surface area (Å²) in [7, 11) is 0. The van der Waals surface area contributed by atoms with E-state index in [0.717, 1.165) is 5.56 Å². The summed E-state index contributed by atoms with van der Waals surface area (Å²) in [5, 5.41) is 8.64. The summed E-state index contributed by atoms with van der Waals surface area (Å²) in [6, 6.07) is 5.36. The van der Waals surface area contributed by atoms with Gasteiger partial charge in [-0.1, -0.05) is 26.0 Å². The van der Waals surface area contributed by atoms with Gasteiger partial charge >= 0.3 is 5.97 Å². The Kier molecular flexibility index (Phi) is 3.24. The van der Waals surface area contributed by atoms with E-state index in [1.165, 1.54) is 0 Å². The van der Waals surface area contributed by atoms with Crippen molar-refractivity contribution < 1.29 is 14.7 Å². The van der Waals surface area contributed by atoms with Crippen LogP contribution in [-0.2, 0) is 4.79 Å². The molecule has 0 heterocycles. The monoisotopic (exact) mass is 206 g/mol. The molecular weight excluding hydrogens is 192 g/mol. The quantitative estimate of drug-likeness (QED) is 0.610. The van der Waals surface area contributed by atoms with Gasteiger partial charge in [-0.25, -0.2) is 4.79 Å². The highest BCUT2D eigenvalue weighted by Crippen LogP contribution is 2.18. The zero-order valence-electron chi connectivity index (χ0n) is 9.07. The van der Waals surface area contributed by atoms with Crippen LogP contribution in [0.5, 0.6) is 0 Å². The number of rotatable bonds is 3. The third-order valence-electron chi connectivity index (χ3n) is 2.37. The maximum Gasteiger partial charge on any atom is 0.377 e. The van der Waals surface area contributed by atoms with Crippen LogP contribution in [0, 0.1) is 6.92 Å². The fraction of sp³-hybridized carbons (Fsp3) is 0.333. The average Bonchev–Trinajstić information content (AvgIpc) is 2.16. The lowest BCUT2D eigenvalue weighted by molar-refractivity contribution is -0.131. The van der Waals surface area contributed by atoms with E-state index >= 15 is 0 Å². The van der Waals surface area contributed by atoms with Gasteiger partial charge in [0.05, 0.1) is 0 Å². The van der Waals surface area contributed by atoms with Crippen molar-refractivity contribution >= 4 is 11.8 Å². The Morgan fingerprint density at radius 2 is 1.87 bits per heavy atom. The van der Waals surface area contributed by atoms with Crippen molar-refractivity contribution in [3.05, 3.63) is 34.9 Å². The Labute approximate surface area is 88.7 Å². The second kappa shape index (κ2) is 4.26. The van der Waals surface area contributed by atoms with Gasteiger partial charge in [0.15, 0.2) is 0 Å². The Morgan fingerprint density at radius 1 is 1.27 bits per heavy atom. The smallest absolute Gasteiger partial charge is 0.377 e. The van der Waals surface area contributed by atoms with E-state index in [1.54, 1.807) is 19.1 Å². The molecule has 80 valence electrons. The Hall–Kier alpha value is -1.64. The molecule has 0 bridgehead atoms. The van der Waals surface area contributed by atoms with Crippen LogP contribution in [0.3, 0.4) is 0 Å². The molecule has 0 radical (unpaired) electrons. The number of hydrogen-bond donors (Lipinski definition) is 1. The van der Waals surface area contributed by atoms with Gasteiger partial charge in [-0.15, -0.1) is 0 Å². The molecule has 0 spiro atoms. The molecular formula is C12H14O3. The molecule has 0 fully saturated rings. The summed E-state index contributed by atoms with van der Waals surface area (Å²) < 4.78 is 0. The van der Waals surface area contributed by atoms with E-state index in [9.17, 15) is 9.59 Å². The largest absolute Gasteiger partial charge is 0.475 e. The van der Waals surface area contributed by atoms with Crippen molar-refractivity contribution in [1.29, 1.82) is 0 Å². The van der Waals surface area contributed by atoms with Crippen LogP contribution in [0.15, 0.2) is 18.2 Å². The fourth-order valence-electron chi connectivity index (χ4n) is 1.36. The van der Waals surface area contributed by atoms with E-state index in [4.69, 9.17) is 5.11 Å². The summed E-state index contributed by atoms with van der Waals surface area (Å²) >= 11 is 0. The van der Waals surface area contributed by atoms with Crippen LogP contribution >= 0.6 is 0 Å². The SMILES string of the molecule is Cc1ccc(C(C)C)cc1C(=O)C(=O)O. The molecule has 0 saturated carbocycles. The summed E-state index contributed by atoms with van der Waals surface area (Å²) in [5.74, 6) is -1.96. The van der Waals surface area contributed by atoms with Gasteiger partial charge in [0.1, 0.15) is 0 Å². The zero-order valence-corrected chi connectivity index (χ0v) is 9.07. The predicted octanol–water partition coefficient (Wildman–Crippen LogP) is 2.39. The third-order valence-corrected chi connectivity index (χ3v) is 2.37. The van der Waals surface area contributed by atoms with Crippen LogP contribution in [-0.4, -0.2) is 16.9 Å². The Balaban J connectivity index is 3.22.